The van der Waals surface area contributed by atoms with Gasteiger partial charge in [-0.15, -0.1) is 0 Å². The lowest BCUT2D eigenvalue weighted by atomic mass is 10.2. The molecular formula is C11H8BrFN2O2. The number of rotatable bonds is 3. The average Bonchev–Trinajstić information content (AvgIpc) is 2.73. The van der Waals surface area contributed by atoms with Gasteiger partial charge in [0.05, 0.1) is 17.6 Å². The Morgan fingerprint density at radius 3 is 2.59 bits per heavy atom. The Morgan fingerprint density at radius 1 is 1.41 bits per heavy atom. The lowest BCUT2D eigenvalue weighted by Crippen LogP contribution is -2.05. The molecule has 0 unspecified atom stereocenters. The summed E-state index contributed by atoms with van der Waals surface area (Å²) in [6, 6.07) is 7.00. The minimum Gasteiger partial charge on any atom is -0.478 e. The Balaban J connectivity index is 2.52. The Labute approximate surface area is 105 Å². The number of carbonyl (C=O) groups is 1. The van der Waals surface area contributed by atoms with E-state index in [4.69, 9.17) is 5.11 Å². The van der Waals surface area contributed by atoms with Gasteiger partial charge in [-0.25, -0.2) is 13.9 Å². The van der Waals surface area contributed by atoms with E-state index < -0.39 is 12.6 Å². The Hall–Kier alpha value is -1.69. The highest BCUT2D eigenvalue weighted by atomic mass is 79.9. The summed E-state index contributed by atoms with van der Waals surface area (Å²) in [5.74, 6) is -1.18. The first-order valence-electron chi connectivity index (χ1n) is 4.75. The van der Waals surface area contributed by atoms with Crippen molar-refractivity contribution in [2.45, 2.75) is 6.67 Å². The molecule has 0 aliphatic rings. The Bertz CT molecular complexity index is 551. The van der Waals surface area contributed by atoms with Crippen molar-refractivity contribution < 1.29 is 14.3 Å². The van der Waals surface area contributed by atoms with E-state index in [1.165, 1.54) is 4.68 Å². The highest BCUT2D eigenvalue weighted by Gasteiger charge is 2.17. The van der Waals surface area contributed by atoms with Crippen LogP contribution in [0.1, 0.15) is 16.1 Å². The highest BCUT2D eigenvalue weighted by molar-refractivity contribution is 9.10. The number of carboxylic acids is 1. The number of alkyl halides is 1. The average molecular weight is 299 g/mol. The van der Waals surface area contributed by atoms with Crippen molar-refractivity contribution in [2.24, 2.45) is 0 Å². The van der Waals surface area contributed by atoms with Gasteiger partial charge in [0.2, 0.25) is 0 Å². The van der Waals surface area contributed by atoms with Crippen molar-refractivity contribution in [3.8, 4) is 5.69 Å². The molecule has 6 heteroatoms. The van der Waals surface area contributed by atoms with Gasteiger partial charge in [0.25, 0.3) is 0 Å². The molecule has 1 aromatic heterocycles. The number of nitrogens with zero attached hydrogens (tertiary/aromatic N) is 2. The minimum absolute atomic E-state index is 0.0415. The second-order valence-electron chi connectivity index (χ2n) is 3.33. The lowest BCUT2D eigenvalue weighted by Gasteiger charge is -2.05. The second-order valence-corrected chi connectivity index (χ2v) is 4.25. The first-order valence-corrected chi connectivity index (χ1v) is 5.55. The van der Waals surface area contributed by atoms with E-state index in [2.05, 4.69) is 21.0 Å². The molecule has 0 aliphatic carbocycles. The summed E-state index contributed by atoms with van der Waals surface area (Å²) in [5, 5.41) is 12.8. The van der Waals surface area contributed by atoms with Gasteiger partial charge in [-0.05, 0) is 24.3 Å². The molecule has 1 N–H and O–H groups in total. The van der Waals surface area contributed by atoms with E-state index in [-0.39, 0.29) is 11.3 Å². The molecule has 4 nitrogen and oxygen atoms in total. The zero-order valence-electron chi connectivity index (χ0n) is 8.60. The molecular weight excluding hydrogens is 291 g/mol. The van der Waals surface area contributed by atoms with Gasteiger partial charge in [0.1, 0.15) is 12.2 Å². The van der Waals surface area contributed by atoms with Gasteiger partial charge in [0.15, 0.2) is 0 Å². The van der Waals surface area contributed by atoms with E-state index in [1.807, 2.05) is 0 Å². The SMILES string of the molecule is O=C(O)c1cnn(-c2ccc(Br)cc2)c1CF. The normalized spacial score (nSPS) is 10.5. The van der Waals surface area contributed by atoms with Gasteiger partial charge in [-0.2, -0.15) is 5.10 Å². The van der Waals surface area contributed by atoms with Gasteiger partial charge in [-0.1, -0.05) is 15.9 Å². The molecule has 1 heterocycles. The van der Waals surface area contributed by atoms with Crippen LogP contribution < -0.4 is 0 Å². The number of carboxylic acid groups (broad SMARTS) is 1. The fourth-order valence-corrected chi connectivity index (χ4v) is 1.75. The molecule has 1 aromatic carbocycles. The third-order valence-electron chi connectivity index (χ3n) is 2.30. The Kier molecular flexibility index (Phi) is 3.23. The van der Waals surface area contributed by atoms with Crippen LogP contribution in [0, 0.1) is 0 Å². The summed E-state index contributed by atoms with van der Waals surface area (Å²) >= 11 is 3.28. The lowest BCUT2D eigenvalue weighted by molar-refractivity contribution is 0.0694. The van der Waals surface area contributed by atoms with E-state index in [9.17, 15) is 9.18 Å². The quantitative estimate of drug-likeness (QED) is 0.948. The van der Waals surface area contributed by atoms with Crippen LogP contribution in [0.15, 0.2) is 34.9 Å². The second kappa shape index (κ2) is 4.67. The maximum atomic E-state index is 12.9. The van der Waals surface area contributed by atoms with Gasteiger partial charge in [-0.3, -0.25) is 0 Å². The Morgan fingerprint density at radius 2 is 2.06 bits per heavy atom. The maximum Gasteiger partial charge on any atom is 0.339 e. The molecule has 0 fully saturated rings. The smallest absolute Gasteiger partial charge is 0.339 e. The van der Waals surface area contributed by atoms with Crippen molar-refractivity contribution >= 4 is 21.9 Å². The number of halogens is 2. The monoisotopic (exact) mass is 298 g/mol. The van der Waals surface area contributed by atoms with E-state index >= 15 is 0 Å². The molecule has 0 saturated heterocycles. The summed E-state index contributed by atoms with van der Waals surface area (Å²) in [7, 11) is 0. The van der Waals surface area contributed by atoms with Crippen molar-refractivity contribution in [3.05, 3.63) is 46.2 Å². The predicted molar refractivity (Wildman–Crippen MR) is 63.0 cm³/mol. The molecule has 2 rings (SSSR count). The third-order valence-corrected chi connectivity index (χ3v) is 2.83. The standard InChI is InChI=1S/C11H8BrFN2O2/c12-7-1-3-8(4-2-7)15-10(5-13)9(6-14-15)11(16)17/h1-4,6H,5H2,(H,16,17). The van der Waals surface area contributed by atoms with Crippen LogP contribution in [0.3, 0.4) is 0 Å². The minimum atomic E-state index is -1.18. The summed E-state index contributed by atoms with van der Waals surface area (Å²) < 4.78 is 15.0. The summed E-state index contributed by atoms with van der Waals surface area (Å²) in [6.45, 7) is -0.877. The fourth-order valence-electron chi connectivity index (χ4n) is 1.49. The molecule has 0 atom stereocenters. The van der Waals surface area contributed by atoms with Crippen molar-refractivity contribution in [3.63, 3.8) is 0 Å². The molecule has 0 spiro atoms. The summed E-state index contributed by atoms with van der Waals surface area (Å²) in [6.07, 6.45) is 1.15. The van der Waals surface area contributed by atoms with Gasteiger partial charge in [0, 0.05) is 4.47 Å². The first kappa shape index (κ1) is 11.8. The zero-order chi connectivity index (χ0) is 12.4. The van der Waals surface area contributed by atoms with E-state index in [0.717, 1.165) is 10.7 Å². The number of hydrogen-bond donors (Lipinski definition) is 1. The van der Waals surface area contributed by atoms with E-state index in [0.29, 0.717) is 5.69 Å². The third kappa shape index (κ3) is 2.21. The van der Waals surface area contributed by atoms with Crippen molar-refractivity contribution in [1.29, 1.82) is 0 Å². The summed E-state index contributed by atoms with van der Waals surface area (Å²) in [5.41, 5.74) is 0.545. The molecule has 0 radical (unpaired) electrons. The van der Waals surface area contributed by atoms with Crippen LogP contribution in [0.4, 0.5) is 4.39 Å². The highest BCUT2D eigenvalue weighted by Crippen LogP contribution is 2.18. The molecule has 17 heavy (non-hydrogen) atoms. The number of aromatic carboxylic acids is 1. The van der Waals surface area contributed by atoms with Gasteiger partial charge < -0.3 is 5.11 Å². The fraction of sp³-hybridized carbons (Fsp3) is 0.0909. The largest absolute Gasteiger partial charge is 0.478 e. The van der Waals surface area contributed by atoms with Crippen LogP contribution in [0.5, 0.6) is 0 Å². The van der Waals surface area contributed by atoms with Crippen LogP contribution >= 0.6 is 15.9 Å². The van der Waals surface area contributed by atoms with Crippen LogP contribution in [-0.4, -0.2) is 20.9 Å². The molecule has 0 bridgehead atoms. The number of hydrogen-bond acceptors (Lipinski definition) is 2. The van der Waals surface area contributed by atoms with E-state index in [1.54, 1.807) is 24.3 Å². The molecule has 0 saturated carbocycles. The van der Waals surface area contributed by atoms with Crippen LogP contribution in [0.25, 0.3) is 5.69 Å². The molecule has 2 aromatic rings. The van der Waals surface area contributed by atoms with Crippen molar-refractivity contribution in [1.82, 2.24) is 9.78 Å². The predicted octanol–water partition coefficient (Wildman–Crippen LogP) is 2.80. The van der Waals surface area contributed by atoms with Gasteiger partial charge >= 0.3 is 5.97 Å². The van der Waals surface area contributed by atoms with Crippen LogP contribution in [-0.2, 0) is 6.67 Å². The summed E-state index contributed by atoms with van der Waals surface area (Å²) in [4.78, 5) is 10.9. The molecule has 0 aliphatic heterocycles. The zero-order valence-corrected chi connectivity index (χ0v) is 10.2. The maximum absolute atomic E-state index is 12.9. The number of benzene rings is 1. The van der Waals surface area contributed by atoms with Crippen LogP contribution in [0.2, 0.25) is 0 Å². The number of aromatic nitrogens is 2. The van der Waals surface area contributed by atoms with Crippen molar-refractivity contribution in [2.75, 3.05) is 0 Å². The molecule has 88 valence electrons. The first-order chi connectivity index (χ1) is 8.13. The molecule has 0 amide bonds. The topological polar surface area (TPSA) is 55.1 Å².